The molecule has 0 fully saturated rings. The van der Waals surface area contributed by atoms with Crippen molar-refractivity contribution in [2.45, 2.75) is 6.92 Å². The highest BCUT2D eigenvalue weighted by Gasteiger charge is 1.92. The van der Waals surface area contributed by atoms with Crippen LogP contribution in [0.1, 0.15) is 6.92 Å². The van der Waals surface area contributed by atoms with Gasteiger partial charge in [0.05, 0.1) is 13.3 Å². The summed E-state index contributed by atoms with van der Waals surface area (Å²) >= 11 is 0. The zero-order chi connectivity index (χ0) is 7.28. The van der Waals surface area contributed by atoms with E-state index in [9.17, 15) is 0 Å². The van der Waals surface area contributed by atoms with Crippen LogP contribution < -0.4 is 0 Å². The summed E-state index contributed by atoms with van der Waals surface area (Å²) in [6, 6.07) is 0. The predicted octanol–water partition coefficient (Wildman–Crippen LogP) is 1.75. The number of rotatable bonds is 3. The molecule has 0 aromatic carbocycles. The third kappa shape index (κ3) is 2.69. The Labute approximate surface area is 55.6 Å². The highest BCUT2D eigenvalue weighted by Crippen LogP contribution is 2.05. The molecule has 2 heteroatoms. The Bertz CT molecular complexity index is 147. The van der Waals surface area contributed by atoms with Gasteiger partial charge in [-0.1, -0.05) is 6.58 Å². The number of ether oxygens (including phenoxy) is 1. The Morgan fingerprint density at radius 3 is 2.33 bits per heavy atom. The topological polar surface area (TPSA) is 21.6 Å². The number of aliphatic imine (C=N–C) groups is 1. The summed E-state index contributed by atoms with van der Waals surface area (Å²) in [6.45, 7) is 8.79. The van der Waals surface area contributed by atoms with Crippen molar-refractivity contribution in [1.29, 1.82) is 0 Å². The molecule has 0 spiro atoms. The van der Waals surface area contributed by atoms with Gasteiger partial charge in [0.2, 0.25) is 0 Å². The first-order valence-corrected chi connectivity index (χ1v) is 2.58. The highest BCUT2D eigenvalue weighted by molar-refractivity contribution is 5.29. The predicted molar refractivity (Wildman–Crippen MR) is 39.5 cm³/mol. The van der Waals surface area contributed by atoms with Crippen LogP contribution in [0, 0.1) is 0 Å². The van der Waals surface area contributed by atoms with Gasteiger partial charge in [-0.2, -0.15) is 0 Å². The molecule has 0 aliphatic heterocycles. The molecule has 0 radical (unpaired) electrons. The second-order valence-corrected chi connectivity index (χ2v) is 1.66. The Hall–Kier alpha value is -1.05. The van der Waals surface area contributed by atoms with Gasteiger partial charge in [-0.3, -0.25) is 4.99 Å². The largest absolute Gasteiger partial charge is 0.495 e. The lowest BCUT2D eigenvalue weighted by molar-refractivity contribution is 0.300. The smallest absolute Gasteiger partial charge is 0.139 e. The van der Waals surface area contributed by atoms with Crippen LogP contribution in [0.4, 0.5) is 0 Å². The van der Waals surface area contributed by atoms with Crippen LogP contribution in [0.25, 0.3) is 0 Å². The average Bonchev–Trinajstić information content (AvgIpc) is 1.82. The first-order chi connectivity index (χ1) is 4.22. The fourth-order valence-electron chi connectivity index (χ4n) is 0.420. The molecule has 0 saturated carbocycles. The van der Waals surface area contributed by atoms with Crippen molar-refractivity contribution < 1.29 is 4.74 Å². The maximum atomic E-state index is 4.88. The summed E-state index contributed by atoms with van der Waals surface area (Å²) in [5.41, 5.74) is 0.852. The van der Waals surface area contributed by atoms with E-state index >= 15 is 0 Å². The molecule has 0 aromatic rings. The highest BCUT2D eigenvalue weighted by atomic mass is 16.5. The van der Waals surface area contributed by atoms with Gasteiger partial charge in [-0.05, 0) is 19.2 Å². The molecule has 0 aliphatic carbocycles. The fourth-order valence-corrected chi connectivity index (χ4v) is 0.420. The Morgan fingerprint density at radius 1 is 1.67 bits per heavy atom. The summed E-state index contributed by atoms with van der Waals surface area (Å²) in [6.07, 6.45) is 1.53. The molecule has 0 unspecified atom stereocenters. The van der Waals surface area contributed by atoms with Crippen LogP contribution in [-0.2, 0) is 4.74 Å². The van der Waals surface area contributed by atoms with Crippen LogP contribution in [0.15, 0.2) is 29.1 Å². The SMILES string of the molecule is C=N/C=C(/OC)C(=C)C. The van der Waals surface area contributed by atoms with Gasteiger partial charge < -0.3 is 4.74 Å². The summed E-state index contributed by atoms with van der Waals surface area (Å²) in [5.74, 6) is 0.671. The van der Waals surface area contributed by atoms with Gasteiger partial charge in [0.15, 0.2) is 0 Å². The lowest BCUT2D eigenvalue weighted by atomic mass is 10.3. The number of nitrogens with zero attached hydrogens (tertiary/aromatic N) is 1. The first kappa shape index (κ1) is 7.95. The Balaban J connectivity index is 4.14. The van der Waals surface area contributed by atoms with Gasteiger partial charge in [0, 0.05) is 0 Å². The summed E-state index contributed by atoms with van der Waals surface area (Å²) < 4.78 is 4.88. The van der Waals surface area contributed by atoms with E-state index in [1.807, 2.05) is 6.92 Å². The van der Waals surface area contributed by atoms with Crippen LogP contribution >= 0.6 is 0 Å². The number of methoxy groups -OCH3 is 1. The summed E-state index contributed by atoms with van der Waals surface area (Å²) in [5, 5.41) is 0. The van der Waals surface area contributed by atoms with Crippen molar-refractivity contribution in [2.24, 2.45) is 4.99 Å². The molecule has 0 N–H and O–H groups in total. The molecular weight excluding hydrogens is 114 g/mol. The maximum Gasteiger partial charge on any atom is 0.139 e. The molecule has 0 amide bonds. The number of hydrogen-bond donors (Lipinski definition) is 0. The molecule has 0 heterocycles. The van der Waals surface area contributed by atoms with E-state index in [2.05, 4.69) is 18.3 Å². The van der Waals surface area contributed by atoms with Crippen molar-refractivity contribution in [3.8, 4) is 0 Å². The molecule has 50 valence electrons. The van der Waals surface area contributed by atoms with Gasteiger partial charge >= 0.3 is 0 Å². The fraction of sp³-hybridized carbons (Fsp3) is 0.286. The molecule has 0 aromatic heterocycles. The molecule has 9 heavy (non-hydrogen) atoms. The number of allylic oxidation sites excluding steroid dienone is 1. The molecule has 2 nitrogen and oxygen atoms in total. The van der Waals surface area contributed by atoms with E-state index in [1.165, 1.54) is 6.20 Å². The number of hydrogen-bond acceptors (Lipinski definition) is 2. The van der Waals surface area contributed by atoms with Gasteiger partial charge in [-0.25, -0.2) is 0 Å². The van der Waals surface area contributed by atoms with Crippen molar-refractivity contribution >= 4 is 6.72 Å². The lowest BCUT2D eigenvalue weighted by Crippen LogP contribution is -1.85. The van der Waals surface area contributed by atoms with Crippen LogP contribution in [0.5, 0.6) is 0 Å². The molecule has 0 saturated heterocycles. The third-order valence-corrected chi connectivity index (χ3v) is 0.849. The summed E-state index contributed by atoms with van der Waals surface area (Å²) in [4.78, 5) is 3.53. The summed E-state index contributed by atoms with van der Waals surface area (Å²) in [7, 11) is 1.58. The lowest BCUT2D eigenvalue weighted by Gasteiger charge is -2.00. The molecule has 0 bridgehead atoms. The average molecular weight is 125 g/mol. The first-order valence-electron chi connectivity index (χ1n) is 2.58. The van der Waals surface area contributed by atoms with Gasteiger partial charge in [0.1, 0.15) is 5.76 Å². The van der Waals surface area contributed by atoms with Crippen molar-refractivity contribution in [3.63, 3.8) is 0 Å². The Kier molecular flexibility index (Phi) is 3.44. The molecule has 0 aliphatic rings. The minimum absolute atomic E-state index is 0.671. The quantitative estimate of drug-likeness (QED) is 0.320. The molecule has 0 rings (SSSR count). The van der Waals surface area contributed by atoms with E-state index in [0.29, 0.717) is 5.76 Å². The zero-order valence-electron chi connectivity index (χ0n) is 5.85. The van der Waals surface area contributed by atoms with Crippen LogP contribution in [-0.4, -0.2) is 13.8 Å². The van der Waals surface area contributed by atoms with Crippen LogP contribution in [0.2, 0.25) is 0 Å². The third-order valence-electron chi connectivity index (χ3n) is 0.849. The van der Waals surface area contributed by atoms with Gasteiger partial charge in [-0.15, -0.1) is 0 Å². The Morgan fingerprint density at radius 2 is 2.22 bits per heavy atom. The second-order valence-electron chi connectivity index (χ2n) is 1.66. The van der Waals surface area contributed by atoms with Gasteiger partial charge in [0.25, 0.3) is 0 Å². The molecule has 0 atom stereocenters. The standard InChI is InChI=1S/C7H11NO/c1-6(2)7(9-4)5-8-3/h5H,1,3H2,2,4H3/b7-5+. The van der Waals surface area contributed by atoms with Crippen LogP contribution in [0.3, 0.4) is 0 Å². The minimum atomic E-state index is 0.671. The molecular formula is C7H11NO. The van der Waals surface area contributed by atoms with E-state index in [0.717, 1.165) is 5.57 Å². The maximum absolute atomic E-state index is 4.88. The van der Waals surface area contributed by atoms with Crippen molar-refractivity contribution in [3.05, 3.63) is 24.1 Å². The van der Waals surface area contributed by atoms with E-state index in [1.54, 1.807) is 7.11 Å². The van der Waals surface area contributed by atoms with E-state index in [-0.39, 0.29) is 0 Å². The van der Waals surface area contributed by atoms with E-state index in [4.69, 9.17) is 4.74 Å². The second kappa shape index (κ2) is 3.89. The minimum Gasteiger partial charge on any atom is -0.495 e. The zero-order valence-corrected chi connectivity index (χ0v) is 5.85. The van der Waals surface area contributed by atoms with Crippen molar-refractivity contribution in [1.82, 2.24) is 0 Å². The van der Waals surface area contributed by atoms with E-state index < -0.39 is 0 Å². The normalized spacial score (nSPS) is 10.7. The van der Waals surface area contributed by atoms with Crippen molar-refractivity contribution in [2.75, 3.05) is 7.11 Å². The monoisotopic (exact) mass is 125 g/mol.